The predicted molar refractivity (Wildman–Crippen MR) is 96.4 cm³/mol. The summed E-state index contributed by atoms with van der Waals surface area (Å²) in [6.07, 6.45) is 0. The molecule has 0 saturated heterocycles. The van der Waals surface area contributed by atoms with Crippen LogP contribution in [0.15, 0.2) is 56.1 Å². The normalized spacial score (nSPS) is 11.2. The number of imidazole rings is 1. The van der Waals surface area contributed by atoms with Crippen LogP contribution < -0.4 is 10.4 Å². The average Bonchev–Trinajstić information content (AvgIpc) is 2.99. The molecule has 24 heavy (non-hydrogen) atoms. The number of rotatable bonds is 3. The Labute approximate surface area is 145 Å². The lowest BCUT2D eigenvalue weighted by Gasteiger charge is -2.07. The van der Waals surface area contributed by atoms with Crippen molar-refractivity contribution in [1.82, 2.24) is 9.97 Å². The molecule has 0 fully saturated rings. The van der Waals surface area contributed by atoms with Crippen molar-refractivity contribution in [2.24, 2.45) is 0 Å². The van der Waals surface area contributed by atoms with Crippen LogP contribution in [-0.4, -0.2) is 16.6 Å². The molecule has 0 aliphatic carbocycles. The number of halogens is 1. The fourth-order valence-electron chi connectivity index (χ4n) is 2.68. The monoisotopic (exact) mass is 384 g/mol. The third kappa shape index (κ3) is 2.49. The first kappa shape index (κ1) is 15.0. The van der Waals surface area contributed by atoms with Gasteiger partial charge in [0.25, 0.3) is 0 Å². The second kappa shape index (κ2) is 5.79. The van der Waals surface area contributed by atoms with Crippen molar-refractivity contribution < 1.29 is 9.15 Å². The molecule has 0 unspecified atom stereocenters. The van der Waals surface area contributed by atoms with Crippen molar-refractivity contribution in [1.29, 1.82) is 0 Å². The summed E-state index contributed by atoms with van der Waals surface area (Å²) in [6.45, 7) is 2.37. The van der Waals surface area contributed by atoms with Gasteiger partial charge in [-0.05, 0) is 37.3 Å². The first-order valence-corrected chi connectivity index (χ1v) is 8.30. The average molecular weight is 385 g/mol. The number of ether oxygens (including phenoxy) is 1. The second-order valence-electron chi connectivity index (χ2n) is 5.31. The maximum Gasteiger partial charge on any atom is 0.347 e. The molecule has 120 valence electrons. The summed E-state index contributed by atoms with van der Waals surface area (Å²) in [7, 11) is 0. The molecule has 0 spiro atoms. The first-order valence-electron chi connectivity index (χ1n) is 7.51. The smallest absolute Gasteiger partial charge is 0.347 e. The molecule has 6 heteroatoms. The van der Waals surface area contributed by atoms with Gasteiger partial charge < -0.3 is 14.1 Å². The molecule has 1 N–H and O–H groups in total. The number of hydrogen-bond donors (Lipinski definition) is 1. The van der Waals surface area contributed by atoms with Gasteiger partial charge in [-0.15, -0.1) is 0 Å². The Morgan fingerprint density at radius 1 is 1.25 bits per heavy atom. The van der Waals surface area contributed by atoms with Gasteiger partial charge in [0.15, 0.2) is 11.3 Å². The van der Waals surface area contributed by atoms with Crippen LogP contribution in [0.4, 0.5) is 0 Å². The van der Waals surface area contributed by atoms with Crippen LogP contribution >= 0.6 is 15.9 Å². The quantitative estimate of drug-likeness (QED) is 0.528. The minimum atomic E-state index is -0.454. The van der Waals surface area contributed by atoms with Gasteiger partial charge in [-0.2, -0.15) is 0 Å². The van der Waals surface area contributed by atoms with E-state index in [0.29, 0.717) is 29.3 Å². The molecule has 2 heterocycles. The topological polar surface area (TPSA) is 68.1 Å². The summed E-state index contributed by atoms with van der Waals surface area (Å²) < 4.78 is 11.9. The molecule has 0 radical (unpaired) electrons. The Bertz CT molecular complexity index is 1080. The van der Waals surface area contributed by atoms with Gasteiger partial charge in [0.1, 0.15) is 11.4 Å². The Hall–Kier alpha value is -2.60. The van der Waals surface area contributed by atoms with Crippen LogP contribution in [0.1, 0.15) is 6.92 Å². The van der Waals surface area contributed by atoms with E-state index in [2.05, 4.69) is 25.9 Å². The van der Waals surface area contributed by atoms with Gasteiger partial charge in [0.05, 0.1) is 17.6 Å². The van der Waals surface area contributed by atoms with E-state index in [1.807, 2.05) is 37.3 Å². The number of nitrogens with zero attached hydrogens (tertiary/aromatic N) is 1. The van der Waals surface area contributed by atoms with Gasteiger partial charge >= 0.3 is 5.63 Å². The van der Waals surface area contributed by atoms with E-state index in [0.717, 1.165) is 20.9 Å². The maximum absolute atomic E-state index is 12.5. The zero-order valence-electron chi connectivity index (χ0n) is 12.8. The molecule has 0 bridgehead atoms. The van der Waals surface area contributed by atoms with E-state index in [1.165, 1.54) is 0 Å². The molecule has 0 saturated carbocycles. The predicted octanol–water partition coefficient (Wildman–Crippen LogP) is 4.50. The largest absolute Gasteiger partial charge is 0.490 e. The van der Waals surface area contributed by atoms with Crippen molar-refractivity contribution >= 4 is 37.9 Å². The van der Waals surface area contributed by atoms with Gasteiger partial charge in [-0.1, -0.05) is 28.1 Å². The lowest BCUT2D eigenvalue weighted by atomic mass is 10.1. The van der Waals surface area contributed by atoms with Gasteiger partial charge in [-0.25, -0.2) is 9.78 Å². The third-order valence-corrected chi connectivity index (χ3v) is 4.17. The van der Waals surface area contributed by atoms with Crippen molar-refractivity contribution in [3.05, 3.63) is 57.4 Å². The molecule has 0 aliphatic heterocycles. The summed E-state index contributed by atoms with van der Waals surface area (Å²) in [5.74, 6) is 1.03. The van der Waals surface area contributed by atoms with Crippen LogP contribution in [0, 0.1) is 0 Å². The van der Waals surface area contributed by atoms with Crippen molar-refractivity contribution in [3.63, 3.8) is 0 Å². The molecule has 2 aromatic heterocycles. The minimum absolute atomic E-state index is 0.388. The highest BCUT2D eigenvalue weighted by atomic mass is 79.9. The van der Waals surface area contributed by atoms with Crippen molar-refractivity contribution in [3.8, 4) is 17.1 Å². The van der Waals surface area contributed by atoms with Gasteiger partial charge in [-0.3, -0.25) is 0 Å². The number of benzene rings is 2. The SMILES string of the molecule is CCOc1cc(Br)cc2cc(-c3nc4ccccc4[nH]3)c(=O)oc12. The van der Waals surface area contributed by atoms with E-state index in [-0.39, 0.29) is 0 Å². The maximum atomic E-state index is 12.5. The molecule has 2 aromatic carbocycles. The summed E-state index contributed by atoms with van der Waals surface area (Å²) in [6, 6.07) is 13.1. The van der Waals surface area contributed by atoms with Crippen LogP contribution in [0.3, 0.4) is 0 Å². The van der Waals surface area contributed by atoms with Gasteiger partial charge in [0, 0.05) is 9.86 Å². The number of aromatic nitrogens is 2. The Kier molecular flexibility index (Phi) is 3.61. The lowest BCUT2D eigenvalue weighted by molar-refractivity contribution is 0.337. The number of nitrogens with one attached hydrogen (secondary N) is 1. The molecular weight excluding hydrogens is 372 g/mol. The highest BCUT2D eigenvalue weighted by Gasteiger charge is 2.15. The summed E-state index contributed by atoms with van der Waals surface area (Å²) in [5, 5.41) is 0.767. The standard InChI is InChI=1S/C18H13BrN2O3/c1-2-23-15-9-11(19)7-10-8-12(18(22)24-16(10)15)17-20-13-5-3-4-6-14(13)21-17/h3-9H,2H2,1H3,(H,20,21). The highest BCUT2D eigenvalue weighted by Crippen LogP contribution is 2.31. The lowest BCUT2D eigenvalue weighted by Crippen LogP contribution is -2.05. The number of hydrogen-bond acceptors (Lipinski definition) is 4. The second-order valence-corrected chi connectivity index (χ2v) is 6.22. The molecular formula is C18H13BrN2O3. The van der Waals surface area contributed by atoms with E-state index in [4.69, 9.17) is 9.15 Å². The van der Waals surface area contributed by atoms with Gasteiger partial charge in [0.2, 0.25) is 0 Å². The van der Waals surface area contributed by atoms with E-state index in [1.54, 1.807) is 12.1 Å². The first-order chi connectivity index (χ1) is 11.7. The zero-order valence-corrected chi connectivity index (χ0v) is 14.4. The van der Waals surface area contributed by atoms with Crippen LogP contribution in [0.25, 0.3) is 33.4 Å². The van der Waals surface area contributed by atoms with Crippen LogP contribution in [-0.2, 0) is 0 Å². The van der Waals surface area contributed by atoms with E-state index < -0.39 is 5.63 Å². The van der Waals surface area contributed by atoms with Crippen LogP contribution in [0.2, 0.25) is 0 Å². The Morgan fingerprint density at radius 3 is 2.88 bits per heavy atom. The molecule has 0 amide bonds. The number of H-pyrrole nitrogens is 1. The molecule has 0 aliphatic rings. The molecule has 4 aromatic rings. The fourth-order valence-corrected chi connectivity index (χ4v) is 3.13. The zero-order chi connectivity index (χ0) is 16.7. The molecule has 0 atom stereocenters. The Morgan fingerprint density at radius 2 is 2.08 bits per heavy atom. The number of para-hydroxylation sites is 2. The number of fused-ring (bicyclic) bond motifs is 2. The highest BCUT2D eigenvalue weighted by molar-refractivity contribution is 9.10. The fraction of sp³-hybridized carbons (Fsp3) is 0.111. The molecule has 4 rings (SSSR count). The van der Waals surface area contributed by atoms with E-state index >= 15 is 0 Å². The third-order valence-electron chi connectivity index (χ3n) is 3.71. The van der Waals surface area contributed by atoms with Crippen molar-refractivity contribution in [2.45, 2.75) is 6.92 Å². The minimum Gasteiger partial charge on any atom is -0.490 e. The number of aromatic amines is 1. The summed E-state index contributed by atoms with van der Waals surface area (Å²) in [4.78, 5) is 20.1. The molecule has 5 nitrogen and oxygen atoms in total. The van der Waals surface area contributed by atoms with Crippen LogP contribution in [0.5, 0.6) is 5.75 Å². The summed E-state index contributed by atoms with van der Waals surface area (Å²) >= 11 is 3.46. The van der Waals surface area contributed by atoms with Crippen molar-refractivity contribution in [2.75, 3.05) is 6.61 Å². The van der Waals surface area contributed by atoms with E-state index in [9.17, 15) is 4.79 Å². The summed E-state index contributed by atoms with van der Waals surface area (Å²) in [5.41, 5.74) is 2.04. The Balaban J connectivity index is 1.96.